The van der Waals surface area contributed by atoms with Gasteiger partial charge in [-0.1, -0.05) is 11.6 Å². The summed E-state index contributed by atoms with van der Waals surface area (Å²) in [6.07, 6.45) is 1.13. The van der Waals surface area contributed by atoms with E-state index in [2.05, 4.69) is 5.32 Å². The Kier molecular flexibility index (Phi) is 4.86. The Hall–Kier alpha value is -1.30. The van der Waals surface area contributed by atoms with Crippen LogP contribution in [0.1, 0.15) is 41.4 Å². The van der Waals surface area contributed by atoms with Gasteiger partial charge in [-0.3, -0.25) is 4.79 Å². The molecule has 108 valence electrons. The third kappa shape index (κ3) is 3.42. The lowest BCUT2D eigenvalue weighted by molar-refractivity contribution is 0.0907. The molecular weight excluding hydrogens is 296 g/mol. The third-order valence-corrected chi connectivity index (χ3v) is 4.28. The zero-order valence-corrected chi connectivity index (χ0v) is 12.9. The summed E-state index contributed by atoms with van der Waals surface area (Å²) < 4.78 is 2.52. The average molecular weight is 313 g/mol. The molecule has 0 aliphatic heterocycles. The Balaban J connectivity index is 1.97. The molecule has 0 saturated carbocycles. The lowest BCUT2D eigenvalue weighted by atomic mass is 10.3. The van der Waals surface area contributed by atoms with Crippen LogP contribution in [0.4, 0.5) is 0 Å². The molecule has 2 heterocycles. The van der Waals surface area contributed by atoms with Crippen LogP contribution in [0.5, 0.6) is 0 Å². The smallest absolute Gasteiger partial charge is 0.268 e. The lowest BCUT2D eigenvalue weighted by Gasteiger charge is -2.14. The second kappa shape index (κ2) is 6.43. The van der Waals surface area contributed by atoms with Crippen molar-refractivity contribution in [1.29, 1.82) is 0 Å². The normalized spacial score (nSPS) is 12.7. The fraction of sp³-hybridized carbons (Fsp3) is 0.357. The minimum atomic E-state index is -0.737. The zero-order chi connectivity index (χ0) is 14.7. The van der Waals surface area contributed by atoms with Gasteiger partial charge in [-0.2, -0.15) is 0 Å². The molecule has 2 N–H and O–H groups in total. The summed E-state index contributed by atoms with van der Waals surface area (Å²) in [5, 5.41) is 12.7. The Morgan fingerprint density at radius 1 is 1.45 bits per heavy atom. The van der Waals surface area contributed by atoms with E-state index in [1.54, 1.807) is 18.2 Å². The molecule has 0 saturated heterocycles. The second-order valence-corrected chi connectivity index (χ2v) is 6.51. The van der Waals surface area contributed by atoms with Gasteiger partial charge in [0.25, 0.3) is 5.91 Å². The quantitative estimate of drug-likeness (QED) is 0.890. The summed E-state index contributed by atoms with van der Waals surface area (Å²) in [7, 11) is 0. The number of hydrogen-bond donors (Lipinski definition) is 2. The van der Waals surface area contributed by atoms with E-state index in [0.717, 1.165) is 4.88 Å². The molecule has 0 aliphatic rings. The minimum absolute atomic E-state index is 0.166. The van der Waals surface area contributed by atoms with Gasteiger partial charge in [0, 0.05) is 23.7 Å². The van der Waals surface area contributed by atoms with E-state index in [1.807, 2.05) is 30.7 Å². The van der Waals surface area contributed by atoms with Crippen molar-refractivity contribution in [3.8, 4) is 0 Å². The van der Waals surface area contributed by atoms with Crippen LogP contribution in [0.3, 0.4) is 0 Å². The third-order valence-electron chi connectivity index (χ3n) is 2.95. The molecule has 0 bridgehead atoms. The summed E-state index contributed by atoms with van der Waals surface area (Å²) in [6.45, 7) is 4.19. The van der Waals surface area contributed by atoms with Crippen LogP contribution in [0.25, 0.3) is 0 Å². The minimum Gasteiger partial charge on any atom is -0.386 e. The van der Waals surface area contributed by atoms with E-state index in [1.165, 1.54) is 11.3 Å². The van der Waals surface area contributed by atoms with Crippen LogP contribution < -0.4 is 5.32 Å². The van der Waals surface area contributed by atoms with Gasteiger partial charge in [-0.05, 0) is 38.1 Å². The maximum absolute atomic E-state index is 12.1. The summed E-state index contributed by atoms with van der Waals surface area (Å²) in [6, 6.07) is 7.32. The first-order valence-electron chi connectivity index (χ1n) is 6.37. The van der Waals surface area contributed by atoms with Crippen molar-refractivity contribution in [3.63, 3.8) is 0 Å². The van der Waals surface area contributed by atoms with Gasteiger partial charge < -0.3 is 15.0 Å². The van der Waals surface area contributed by atoms with Crippen molar-refractivity contribution < 1.29 is 9.90 Å². The highest BCUT2D eigenvalue weighted by atomic mass is 35.5. The van der Waals surface area contributed by atoms with Gasteiger partial charge in [0.1, 0.15) is 11.8 Å². The van der Waals surface area contributed by atoms with Crippen molar-refractivity contribution in [1.82, 2.24) is 9.88 Å². The largest absolute Gasteiger partial charge is 0.386 e. The SMILES string of the molecule is CC(C)n1cccc1C(=O)NCC(O)c1ccc(Cl)s1. The molecule has 2 aromatic rings. The van der Waals surface area contributed by atoms with Crippen molar-refractivity contribution in [2.24, 2.45) is 0 Å². The van der Waals surface area contributed by atoms with Gasteiger partial charge in [0.2, 0.25) is 0 Å². The Bertz CT molecular complexity index is 592. The molecule has 6 heteroatoms. The van der Waals surface area contributed by atoms with Gasteiger partial charge in [0.05, 0.1) is 4.34 Å². The van der Waals surface area contributed by atoms with E-state index >= 15 is 0 Å². The number of thiophene rings is 1. The fourth-order valence-electron chi connectivity index (χ4n) is 1.92. The van der Waals surface area contributed by atoms with Crippen molar-refractivity contribution in [2.75, 3.05) is 6.54 Å². The van der Waals surface area contributed by atoms with Crippen molar-refractivity contribution in [2.45, 2.75) is 26.0 Å². The molecule has 2 rings (SSSR count). The molecule has 1 atom stereocenters. The van der Waals surface area contributed by atoms with Crippen LogP contribution in [-0.2, 0) is 0 Å². The standard InChI is InChI=1S/C14H17ClN2O2S/c1-9(2)17-7-3-4-10(17)14(19)16-8-11(18)12-5-6-13(15)20-12/h3-7,9,11,18H,8H2,1-2H3,(H,16,19). The predicted octanol–water partition coefficient (Wildman–Crippen LogP) is 3.25. The van der Waals surface area contributed by atoms with Crippen molar-refractivity contribution >= 4 is 28.8 Å². The van der Waals surface area contributed by atoms with E-state index in [4.69, 9.17) is 11.6 Å². The Morgan fingerprint density at radius 3 is 2.80 bits per heavy atom. The van der Waals surface area contributed by atoms with Crippen molar-refractivity contribution in [3.05, 3.63) is 45.4 Å². The molecule has 20 heavy (non-hydrogen) atoms. The number of aromatic nitrogens is 1. The number of carbonyl (C=O) groups is 1. The lowest BCUT2D eigenvalue weighted by Crippen LogP contribution is -2.30. The number of nitrogens with one attached hydrogen (secondary N) is 1. The number of rotatable bonds is 5. The first-order valence-corrected chi connectivity index (χ1v) is 7.57. The van der Waals surface area contributed by atoms with E-state index in [0.29, 0.717) is 10.0 Å². The highest BCUT2D eigenvalue weighted by Gasteiger charge is 2.15. The molecule has 0 aliphatic carbocycles. The zero-order valence-electron chi connectivity index (χ0n) is 11.3. The van der Waals surface area contributed by atoms with E-state index < -0.39 is 6.10 Å². The molecular formula is C14H17ClN2O2S. The summed E-state index contributed by atoms with van der Waals surface area (Å²) in [4.78, 5) is 12.9. The van der Waals surface area contributed by atoms with Gasteiger partial charge in [-0.25, -0.2) is 0 Å². The number of halogens is 1. The van der Waals surface area contributed by atoms with Crippen LogP contribution in [-0.4, -0.2) is 22.1 Å². The topological polar surface area (TPSA) is 54.3 Å². The maximum atomic E-state index is 12.1. The first-order chi connectivity index (χ1) is 9.49. The summed E-state index contributed by atoms with van der Waals surface area (Å²) >= 11 is 7.13. The predicted molar refractivity (Wildman–Crippen MR) is 81.4 cm³/mol. The highest BCUT2D eigenvalue weighted by molar-refractivity contribution is 7.16. The van der Waals surface area contributed by atoms with Gasteiger partial charge in [0.15, 0.2) is 0 Å². The fourth-order valence-corrected chi connectivity index (χ4v) is 2.97. The number of nitrogens with zero attached hydrogens (tertiary/aromatic N) is 1. The number of carbonyl (C=O) groups excluding carboxylic acids is 1. The number of amides is 1. The van der Waals surface area contributed by atoms with E-state index in [9.17, 15) is 9.90 Å². The Labute approximate surface area is 127 Å². The average Bonchev–Trinajstić information content (AvgIpc) is 3.03. The summed E-state index contributed by atoms with van der Waals surface area (Å²) in [5.41, 5.74) is 0.594. The number of aliphatic hydroxyl groups is 1. The highest BCUT2D eigenvalue weighted by Crippen LogP contribution is 2.26. The molecule has 0 aromatic carbocycles. The molecule has 1 unspecified atom stereocenters. The monoisotopic (exact) mass is 312 g/mol. The van der Waals surface area contributed by atoms with Crippen LogP contribution >= 0.6 is 22.9 Å². The molecule has 0 spiro atoms. The van der Waals surface area contributed by atoms with Crippen LogP contribution in [0.15, 0.2) is 30.5 Å². The number of aliphatic hydroxyl groups excluding tert-OH is 1. The number of hydrogen-bond acceptors (Lipinski definition) is 3. The van der Waals surface area contributed by atoms with Crippen LogP contribution in [0.2, 0.25) is 4.34 Å². The molecule has 1 amide bonds. The molecule has 2 aromatic heterocycles. The molecule has 0 fully saturated rings. The molecule has 4 nitrogen and oxygen atoms in total. The second-order valence-electron chi connectivity index (χ2n) is 4.76. The Morgan fingerprint density at radius 2 is 2.20 bits per heavy atom. The van der Waals surface area contributed by atoms with E-state index in [-0.39, 0.29) is 18.5 Å². The van der Waals surface area contributed by atoms with Gasteiger partial charge >= 0.3 is 0 Å². The maximum Gasteiger partial charge on any atom is 0.268 e. The summed E-state index contributed by atoms with van der Waals surface area (Å²) in [5.74, 6) is -0.189. The molecule has 0 radical (unpaired) electrons. The first kappa shape index (κ1) is 15.1. The van der Waals surface area contributed by atoms with Gasteiger partial charge in [-0.15, -0.1) is 11.3 Å². The van der Waals surface area contributed by atoms with Crippen LogP contribution in [0, 0.1) is 0 Å².